The summed E-state index contributed by atoms with van der Waals surface area (Å²) >= 11 is 0. The zero-order valence-corrected chi connectivity index (χ0v) is 17.2. The molecule has 0 spiro atoms. The van der Waals surface area contributed by atoms with Crippen molar-refractivity contribution in [2.75, 3.05) is 7.11 Å². The standard InChI is InChI=1S/C22H22O8/c1-10-8-15(24)14(7-6-12(3)23)20(26)18(10)22(28)30-16-9-11(2)17(21(27)29-5)19(25)13(16)4/h6-9,24-26H,1-5H3/b7-6+. The Labute approximate surface area is 173 Å². The number of phenols is 3. The van der Waals surface area contributed by atoms with Gasteiger partial charge >= 0.3 is 11.9 Å². The van der Waals surface area contributed by atoms with Crippen molar-refractivity contribution < 1.29 is 39.2 Å². The van der Waals surface area contributed by atoms with Crippen LogP contribution in [-0.4, -0.2) is 40.2 Å². The zero-order chi connectivity index (χ0) is 22.7. The van der Waals surface area contributed by atoms with Crippen molar-refractivity contribution in [3.8, 4) is 23.0 Å². The van der Waals surface area contributed by atoms with Crippen LogP contribution in [0.25, 0.3) is 6.08 Å². The Balaban J connectivity index is 2.52. The van der Waals surface area contributed by atoms with Crippen molar-refractivity contribution in [1.29, 1.82) is 0 Å². The van der Waals surface area contributed by atoms with E-state index in [1.165, 1.54) is 53.0 Å². The SMILES string of the molecule is COC(=O)c1c(C)cc(OC(=O)c2c(C)cc(O)c(/C=C/C(C)=O)c2O)c(C)c1O. The zero-order valence-electron chi connectivity index (χ0n) is 17.2. The van der Waals surface area contributed by atoms with Gasteiger partial charge < -0.3 is 24.8 Å². The number of aromatic hydroxyl groups is 3. The molecule has 0 saturated carbocycles. The molecule has 0 fully saturated rings. The molecule has 0 aromatic heterocycles. The second kappa shape index (κ2) is 8.69. The van der Waals surface area contributed by atoms with E-state index in [2.05, 4.69) is 4.74 Å². The van der Waals surface area contributed by atoms with E-state index in [1.807, 2.05) is 0 Å². The summed E-state index contributed by atoms with van der Waals surface area (Å²) in [5, 5.41) is 30.9. The summed E-state index contributed by atoms with van der Waals surface area (Å²) in [7, 11) is 1.18. The van der Waals surface area contributed by atoms with Gasteiger partial charge in [0, 0.05) is 5.56 Å². The average Bonchev–Trinajstić information content (AvgIpc) is 2.64. The van der Waals surface area contributed by atoms with E-state index in [4.69, 9.17) is 4.74 Å². The molecule has 158 valence electrons. The van der Waals surface area contributed by atoms with Gasteiger partial charge in [-0.05, 0) is 63.1 Å². The molecular weight excluding hydrogens is 392 g/mol. The second-order valence-corrected chi connectivity index (χ2v) is 6.72. The van der Waals surface area contributed by atoms with Crippen molar-refractivity contribution >= 4 is 23.8 Å². The van der Waals surface area contributed by atoms with E-state index in [9.17, 15) is 29.7 Å². The summed E-state index contributed by atoms with van der Waals surface area (Å²) in [4.78, 5) is 35.8. The van der Waals surface area contributed by atoms with Gasteiger partial charge in [0.25, 0.3) is 0 Å². The molecule has 2 aromatic rings. The molecule has 0 saturated heterocycles. The van der Waals surface area contributed by atoms with E-state index in [-0.39, 0.29) is 50.8 Å². The molecule has 0 bridgehead atoms. The maximum atomic E-state index is 12.8. The lowest BCUT2D eigenvalue weighted by Crippen LogP contribution is -2.13. The average molecular weight is 414 g/mol. The highest BCUT2D eigenvalue weighted by Gasteiger charge is 2.25. The van der Waals surface area contributed by atoms with Crippen LogP contribution >= 0.6 is 0 Å². The van der Waals surface area contributed by atoms with E-state index >= 15 is 0 Å². The van der Waals surface area contributed by atoms with Gasteiger partial charge in [0.15, 0.2) is 5.78 Å². The number of hydrogen-bond donors (Lipinski definition) is 3. The minimum atomic E-state index is -0.949. The van der Waals surface area contributed by atoms with E-state index in [0.717, 1.165) is 6.08 Å². The van der Waals surface area contributed by atoms with Crippen LogP contribution in [0.4, 0.5) is 0 Å². The number of phenolic OH excluding ortho intramolecular Hbond substituents is 3. The molecule has 0 amide bonds. The molecule has 0 heterocycles. The third-order valence-corrected chi connectivity index (χ3v) is 4.50. The molecule has 3 N–H and O–H groups in total. The van der Waals surface area contributed by atoms with Crippen molar-refractivity contribution in [3.63, 3.8) is 0 Å². The lowest BCUT2D eigenvalue weighted by molar-refractivity contribution is -0.112. The predicted octanol–water partition coefficient (Wildman–Crippen LogP) is 3.34. The van der Waals surface area contributed by atoms with E-state index in [0.29, 0.717) is 5.56 Å². The molecule has 0 radical (unpaired) electrons. The maximum absolute atomic E-state index is 12.8. The molecule has 0 aliphatic carbocycles. The molecular formula is C22H22O8. The summed E-state index contributed by atoms with van der Waals surface area (Å²) in [6.07, 6.45) is 2.33. The number of ketones is 1. The van der Waals surface area contributed by atoms with Crippen molar-refractivity contribution in [3.05, 3.63) is 51.6 Å². The fraction of sp³-hybridized carbons (Fsp3) is 0.227. The van der Waals surface area contributed by atoms with Gasteiger partial charge in [0.1, 0.15) is 34.1 Å². The minimum absolute atomic E-state index is 0.0182. The van der Waals surface area contributed by atoms with Crippen molar-refractivity contribution in [1.82, 2.24) is 0 Å². The van der Waals surface area contributed by atoms with Crippen LogP contribution in [-0.2, 0) is 9.53 Å². The largest absolute Gasteiger partial charge is 0.507 e. The fourth-order valence-electron chi connectivity index (χ4n) is 2.91. The van der Waals surface area contributed by atoms with Crippen LogP contribution in [0.15, 0.2) is 18.2 Å². The van der Waals surface area contributed by atoms with E-state index < -0.39 is 17.7 Å². The Morgan fingerprint density at radius 3 is 2.03 bits per heavy atom. The van der Waals surface area contributed by atoms with Crippen LogP contribution in [0.1, 0.15) is 49.9 Å². The van der Waals surface area contributed by atoms with Crippen LogP contribution < -0.4 is 4.74 Å². The van der Waals surface area contributed by atoms with Gasteiger partial charge in [0.2, 0.25) is 0 Å². The molecule has 0 unspecified atom stereocenters. The summed E-state index contributed by atoms with van der Waals surface area (Å²) in [5.74, 6) is -3.27. The lowest BCUT2D eigenvalue weighted by atomic mass is 10.0. The second-order valence-electron chi connectivity index (χ2n) is 6.72. The Morgan fingerprint density at radius 1 is 0.900 bits per heavy atom. The first-order valence-electron chi connectivity index (χ1n) is 8.87. The van der Waals surface area contributed by atoms with Gasteiger partial charge in [-0.1, -0.05) is 0 Å². The molecule has 8 nitrogen and oxygen atoms in total. The van der Waals surface area contributed by atoms with Crippen LogP contribution in [0.2, 0.25) is 0 Å². The number of allylic oxidation sites excluding steroid dienone is 1. The maximum Gasteiger partial charge on any atom is 0.347 e. The topological polar surface area (TPSA) is 130 Å². The number of aryl methyl sites for hydroxylation is 2. The summed E-state index contributed by atoms with van der Waals surface area (Å²) in [6.45, 7) is 5.78. The minimum Gasteiger partial charge on any atom is -0.507 e. The monoisotopic (exact) mass is 414 g/mol. The van der Waals surface area contributed by atoms with Gasteiger partial charge in [-0.2, -0.15) is 0 Å². The quantitative estimate of drug-likeness (QED) is 0.386. The third-order valence-electron chi connectivity index (χ3n) is 4.50. The van der Waals surface area contributed by atoms with Crippen LogP contribution in [0.5, 0.6) is 23.0 Å². The predicted molar refractivity (Wildman–Crippen MR) is 108 cm³/mol. The van der Waals surface area contributed by atoms with Gasteiger partial charge in [0.05, 0.1) is 12.7 Å². The number of carbonyl (C=O) groups is 3. The van der Waals surface area contributed by atoms with Gasteiger partial charge in [-0.25, -0.2) is 9.59 Å². The third kappa shape index (κ3) is 4.27. The highest BCUT2D eigenvalue weighted by atomic mass is 16.5. The normalized spacial score (nSPS) is 10.8. The smallest absolute Gasteiger partial charge is 0.347 e. The number of benzene rings is 2. The molecule has 0 aliphatic heterocycles. The first kappa shape index (κ1) is 22.5. The van der Waals surface area contributed by atoms with Crippen molar-refractivity contribution in [2.45, 2.75) is 27.7 Å². The molecule has 0 atom stereocenters. The lowest BCUT2D eigenvalue weighted by Gasteiger charge is -2.16. The first-order chi connectivity index (χ1) is 14.0. The Morgan fingerprint density at radius 2 is 1.47 bits per heavy atom. The Kier molecular flexibility index (Phi) is 6.51. The summed E-state index contributed by atoms with van der Waals surface area (Å²) < 4.78 is 10.0. The van der Waals surface area contributed by atoms with Crippen molar-refractivity contribution in [2.24, 2.45) is 0 Å². The highest BCUT2D eigenvalue weighted by molar-refractivity contribution is 6.00. The fourth-order valence-corrected chi connectivity index (χ4v) is 2.91. The number of rotatable bonds is 5. The number of esters is 2. The first-order valence-corrected chi connectivity index (χ1v) is 8.87. The number of ether oxygens (including phenoxy) is 2. The Bertz CT molecular complexity index is 1080. The Hall–Kier alpha value is -3.81. The number of methoxy groups -OCH3 is 1. The molecule has 2 rings (SSSR count). The highest BCUT2D eigenvalue weighted by Crippen LogP contribution is 2.37. The van der Waals surface area contributed by atoms with Crippen LogP contribution in [0.3, 0.4) is 0 Å². The van der Waals surface area contributed by atoms with Gasteiger partial charge in [-0.15, -0.1) is 0 Å². The summed E-state index contributed by atoms with van der Waals surface area (Å²) in [6, 6.07) is 2.65. The summed E-state index contributed by atoms with van der Waals surface area (Å²) in [5.41, 5.74) is 0.311. The molecule has 2 aromatic carbocycles. The molecule has 0 aliphatic rings. The number of carbonyl (C=O) groups excluding carboxylic acids is 3. The van der Waals surface area contributed by atoms with E-state index in [1.54, 1.807) is 0 Å². The van der Waals surface area contributed by atoms with Crippen LogP contribution in [0, 0.1) is 20.8 Å². The molecule has 30 heavy (non-hydrogen) atoms. The number of hydrogen-bond acceptors (Lipinski definition) is 8. The molecule has 8 heteroatoms. The van der Waals surface area contributed by atoms with Gasteiger partial charge in [-0.3, -0.25) is 4.79 Å².